The summed E-state index contributed by atoms with van der Waals surface area (Å²) in [5.41, 5.74) is 4.08. The van der Waals surface area contributed by atoms with Crippen molar-refractivity contribution in [1.29, 1.82) is 0 Å². The number of rotatable bonds is 4. The molecule has 0 unspecified atom stereocenters. The molecule has 2 heterocycles. The molecule has 0 saturated carbocycles. The summed E-state index contributed by atoms with van der Waals surface area (Å²) in [7, 11) is 0. The van der Waals surface area contributed by atoms with Gasteiger partial charge in [-0.05, 0) is 42.0 Å². The number of nitrogens with one attached hydrogen (secondary N) is 1. The first kappa shape index (κ1) is 19.8. The first-order valence-corrected chi connectivity index (χ1v) is 11.0. The van der Waals surface area contributed by atoms with Gasteiger partial charge < -0.3 is 10.2 Å². The molecule has 0 saturated heterocycles. The fourth-order valence-corrected chi connectivity index (χ4v) is 4.66. The molecular weight excluding hydrogens is 412 g/mol. The Labute approximate surface area is 185 Å². The lowest BCUT2D eigenvalue weighted by Crippen LogP contribution is -2.39. The largest absolute Gasteiger partial charge is 0.344 e. The van der Waals surface area contributed by atoms with Crippen LogP contribution in [0.15, 0.2) is 54.6 Å². The molecule has 1 N–H and O–H groups in total. The second kappa shape index (κ2) is 8.19. The van der Waals surface area contributed by atoms with E-state index in [1.807, 2.05) is 36.4 Å². The van der Waals surface area contributed by atoms with Crippen LogP contribution in [0.1, 0.15) is 56.6 Å². The number of benzene rings is 2. The summed E-state index contributed by atoms with van der Waals surface area (Å²) in [6, 6.07) is 17.3. The quantitative estimate of drug-likeness (QED) is 0.674. The number of aryl methyl sites for hydroxylation is 1. The monoisotopic (exact) mass is 434 g/mol. The molecule has 1 aliphatic carbocycles. The van der Waals surface area contributed by atoms with Gasteiger partial charge in [0.15, 0.2) is 5.69 Å². The molecule has 158 valence electrons. The number of halogens is 1. The Balaban J connectivity index is 1.32. The molecule has 1 atom stereocenters. The molecule has 1 aliphatic heterocycles. The predicted octanol–water partition coefficient (Wildman–Crippen LogP) is 4.00. The van der Waals surface area contributed by atoms with Gasteiger partial charge >= 0.3 is 0 Å². The fourth-order valence-electron chi connectivity index (χ4n) is 4.47. The van der Waals surface area contributed by atoms with Gasteiger partial charge in [0.1, 0.15) is 5.69 Å². The van der Waals surface area contributed by atoms with Crippen LogP contribution in [-0.2, 0) is 19.5 Å². The van der Waals surface area contributed by atoms with Crippen molar-refractivity contribution in [2.24, 2.45) is 0 Å². The maximum atomic E-state index is 13.0. The van der Waals surface area contributed by atoms with Gasteiger partial charge in [0.2, 0.25) is 0 Å². The van der Waals surface area contributed by atoms with Crippen LogP contribution in [0.25, 0.3) is 0 Å². The van der Waals surface area contributed by atoms with Crippen LogP contribution >= 0.6 is 11.6 Å². The van der Waals surface area contributed by atoms with Gasteiger partial charge in [-0.15, -0.1) is 0 Å². The van der Waals surface area contributed by atoms with E-state index in [-0.39, 0.29) is 23.6 Å². The molecule has 5 rings (SSSR count). The standard InChI is InChI=1S/C24H23ClN4O2/c25-19-10-4-2-7-17(19)15-28-12-13-29-22(24(28)31)14-21(27-29)23(30)26-20-11-5-8-16-6-1-3-9-18(16)20/h1-4,6-7,9-10,14,20H,5,8,11-13,15H2,(H,26,30)/t20-/m1/s1. The summed E-state index contributed by atoms with van der Waals surface area (Å²) in [5, 5.41) is 8.17. The van der Waals surface area contributed by atoms with E-state index in [9.17, 15) is 9.59 Å². The third kappa shape index (κ3) is 3.83. The first-order valence-electron chi connectivity index (χ1n) is 10.6. The Morgan fingerprint density at radius 2 is 1.94 bits per heavy atom. The van der Waals surface area contributed by atoms with Gasteiger partial charge in [0.05, 0.1) is 12.6 Å². The normalized spacial score (nSPS) is 17.8. The molecule has 0 radical (unpaired) electrons. The van der Waals surface area contributed by atoms with Crippen molar-refractivity contribution in [1.82, 2.24) is 20.0 Å². The molecule has 2 aliphatic rings. The molecular formula is C24H23ClN4O2. The van der Waals surface area contributed by atoms with Gasteiger partial charge in [-0.25, -0.2) is 0 Å². The molecule has 0 spiro atoms. The van der Waals surface area contributed by atoms with Crippen molar-refractivity contribution in [2.75, 3.05) is 6.54 Å². The van der Waals surface area contributed by atoms with E-state index in [2.05, 4.69) is 22.5 Å². The number of hydrogen-bond acceptors (Lipinski definition) is 3. The topological polar surface area (TPSA) is 67.2 Å². The average molecular weight is 435 g/mol. The Kier molecular flexibility index (Phi) is 5.24. The minimum atomic E-state index is -0.242. The van der Waals surface area contributed by atoms with Gasteiger partial charge in [0.25, 0.3) is 11.8 Å². The van der Waals surface area contributed by atoms with E-state index < -0.39 is 0 Å². The number of fused-ring (bicyclic) bond motifs is 2. The predicted molar refractivity (Wildman–Crippen MR) is 118 cm³/mol. The zero-order valence-electron chi connectivity index (χ0n) is 17.1. The zero-order valence-corrected chi connectivity index (χ0v) is 17.8. The highest BCUT2D eigenvalue weighted by atomic mass is 35.5. The second-order valence-corrected chi connectivity index (χ2v) is 8.48. The molecule has 2 amide bonds. The number of hydrogen-bond donors (Lipinski definition) is 1. The lowest BCUT2D eigenvalue weighted by molar-refractivity contribution is 0.0683. The van der Waals surface area contributed by atoms with E-state index in [1.165, 1.54) is 11.1 Å². The smallest absolute Gasteiger partial charge is 0.272 e. The third-order valence-electron chi connectivity index (χ3n) is 6.09. The first-order chi connectivity index (χ1) is 15.1. The number of amides is 2. The summed E-state index contributed by atoms with van der Waals surface area (Å²) in [5.74, 6) is -0.380. The van der Waals surface area contributed by atoms with Crippen LogP contribution in [0.3, 0.4) is 0 Å². The Morgan fingerprint density at radius 3 is 2.81 bits per heavy atom. The average Bonchev–Trinajstić information content (AvgIpc) is 3.23. The number of carbonyl (C=O) groups is 2. The van der Waals surface area contributed by atoms with Gasteiger partial charge in [-0.1, -0.05) is 54.1 Å². The van der Waals surface area contributed by atoms with Crippen LogP contribution in [-0.4, -0.2) is 33.0 Å². The zero-order chi connectivity index (χ0) is 21.4. The molecule has 3 aromatic rings. The highest BCUT2D eigenvalue weighted by Crippen LogP contribution is 2.30. The Morgan fingerprint density at radius 1 is 1.13 bits per heavy atom. The molecule has 7 heteroatoms. The van der Waals surface area contributed by atoms with Gasteiger partial charge in [-0.3, -0.25) is 14.3 Å². The van der Waals surface area contributed by atoms with Crippen molar-refractivity contribution in [3.05, 3.63) is 87.7 Å². The van der Waals surface area contributed by atoms with Crippen LogP contribution < -0.4 is 5.32 Å². The maximum absolute atomic E-state index is 13.0. The Hall–Kier alpha value is -3.12. The molecule has 2 aromatic carbocycles. The summed E-state index contributed by atoms with van der Waals surface area (Å²) < 4.78 is 1.63. The highest BCUT2D eigenvalue weighted by Gasteiger charge is 2.29. The summed E-state index contributed by atoms with van der Waals surface area (Å²) in [6.45, 7) is 1.50. The molecule has 6 nitrogen and oxygen atoms in total. The van der Waals surface area contributed by atoms with Crippen LogP contribution in [0.4, 0.5) is 0 Å². The van der Waals surface area contributed by atoms with Crippen molar-refractivity contribution in [3.63, 3.8) is 0 Å². The van der Waals surface area contributed by atoms with Crippen LogP contribution in [0.2, 0.25) is 5.02 Å². The lowest BCUT2D eigenvalue weighted by Gasteiger charge is -2.27. The molecule has 0 fully saturated rings. The maximum Gasteiger partial charge on any atom is 0.272 e. The minimum absolute atomic E-state index is 0.0244. The van der Waals surface area contributed by atoms with Crippen LogP contribution in [0, 0.1) is 0 Å². The molecule has 0 bridgehead atoms. The Bertz CT molecular complexity index is 1160. The summed E-state index contributed by atoms with van der Waals surface area (Å²) in [6.07, 6.45) is 2.98. The lowest BCUT2D eigenvalue weighted by atomic mass is 9.87. The number of nitrogens with zero attached hydrogens (tertiary/aromatic N) is 3. The SMILES string of the molecule is O=C(N[C@@H]1CCCc2ccccc21)c1cc2n(n1)CCN(Cc1ccccc1Cl)C2=O. The van der Waals surface area contributed by atoms with E-state index in [0.717, 1.165) is 24.8 Å². The summed E-state index contributed by atoms with van der Waals surface area (Å²) in [4.78, 5) is 27.7. The van der Waals surface area contributed by atoms with Crippen molar-refractivity contribution in [3.8, 4) is 0 Å². The van der Waals surface area contributed by atoms with Crippen molar-refractivity contribution in [2.45, 2.75) is 38.4 Å². The van der Waals surface area contributed by atoms with E-state index in [1.54, 1.807) is 15.6 Å². The third-order valence-corrected chi connectivity index (χ3v) is 6.46. The van der Waals surface area contributed by atoms with E-state index >= 15 is 0 Å². The van der Waals surface area contributed by atoms with Crippen molar-refractivity contribution >= 4 is 23.4 Å². The molecule has 1 aromatic heterocycles. The van der Waals surface area contributed by atoms with E-state index in [4.69, 9.17) is 11.6 Å². The summed E-state index contributed by atoms with van der Waals surface area (Å²) >= 11 is 6.26. The fraction of sp³-hybridized carbons (Fsp3) is 0.292. The van der Waals surface area contributed by atoms with Crippen molar-refractivity contribution < 1.29 is 9.59 Å². The van der Waals surface area contributed by atoms with Gasteiger partial charge in [-0.2, -0.15) is 5.10 Å². The van der Waals surface area contributed by atoms with Crippen LogP contribution in [0.5, 0.6) is 0 Å². The number of aromatic nitrogens is 2. The molecule has 31 heavy (non-hydrogen) atoms. The van der Waals surface area contributed by atoms with Gasteiger partial charge in [0, 0.05) is 24.2 Å². The minimum Gasteiger partial charge on any atom is -0.344 e. The number of carbonyl (C=O) groups excluding carboxylic acids is 2. The van der Waals surface area contributed by atoms with E-state index in [0.29, 0.717) is 30.4 Å². The second-order valence-electron chi connectivity index (χ2n) is 8.07. The highest BCUT2D eigenvalue weighted by molar-refractivity contribution is 6.31.